The lowest BCUT2D eigenvalue weighted by Crippen LogP contribution is -2.55. The van der Waals surface area contributed by atoms with E-state index in [2.05, 4.69) is 9.97 Å². The fraction of sp³-hybridized carbons (Fsp3) is 0.615. The largest absolute Gasteiger partial charge is 0.352 e. The standard InChI is InChI=1S/C13H18ClN5O3S/c14-11-9-15-10-16-12(11)17-1-3-18(4-2-17)13(20)19-5-7-23(21,22)8-6-19/h9-10H,1-8H2. The molecule has 2 aliphatic rings. The highest BCUT2D eigenvalue weighted by molar-refractivity contribution is 7.91. The second kappa shape index (κ2) is 6.48. The molecule has 3 heterocycles. The van der Waals surface area contributed by atoms with Gasteiger partial charge in [-0.15, -0.1) is 0 Å². The van der Waals surface area contributed by atoms with Crippen molar-refractivity contribution in [3.8, 4) is 0 Å². The van der Waals surface area contributed by atoms with E-state index in [1.54, 1.807) is 16.0 Å². The minimum absolute atomic E-state index is 0.0508. The van der Waals surface area contributed by atoms with Crippen molar-refractivity contribution in [1.82, 2.24) is 19.8 Å². The minimum Gasteiger partial charge on any atom is -0.352 e. The van der Waals surface area contributed by atoms with Crippen LogP contribution in [0.15, 0.2) is 12.5 Å². The molecule has 3 rings (SSSR count). The van der Waals surface area contributed by atoms with E-state index in [1.165, 1.54) is 6.33 Å². The number of hydrogen-bond donors (Lipinski definition) is 0. The van der Waals surface area contributed by atoms with Gasteiger partial charge in [-0.25, -0.2) is 23.2 Å². The normalized spacial score (nSPS) is 21.3. The van der Waals surface area contributed by atoms with Crippen molar-refractivity contribution in [3.05, 3.63) is 17.5 Å². The van der Waals surface area contributed by atoms with E-state index in [0.29, 0.717) is 37.0 Å². The maximum absolute atomic E-state index is 12.5. The molecule has 0 radical (unpaired) electrons. The Labute approximate surface area is 140 Å². The van der Waals surface area contributed by atoms with Crippen LogP contribution in [-0.4, -0.2) is 85.0 Å². The fourth-order valence-corrected chi connectivity index (χ4v) is 4.18. The number of rotatable bonds is 1. The molecule has 8 nitrogen and oxygen atoms in total. The van der Waals surface area contributed by atoms with Crippen LogP contribution in [0.2, 0.25) is 5.02 Å². The Morgan fingerprint density at radius 2 is 1.65 bits per heavy atom. The number of urea groups is 1. The predicted molar refractivity (Wildman–Crippen MR) is 86.5 cm³/mol. The van der Waals surface area contributed by atoms with Crippen molar-refractivity contribution in [3.63, 3.8) is 0 Å². The number of aromatic nitrogens is 2. The Morgan fingerprint density at radius 1 is 1.04 bits per heavy atom. The average Bonchev–Trinajstić information content (AvgIpc) is 2.55. The number of halogens is 1. The number of sulfone groups is 1. The molecule has 10 heteroatoms. The SMILES string of the molecule is O=C(N1CCN(c2ncncc2Cl)CC1)N1CCS(=O)(=O)CC1. The number of piperazine rings is 1. The van der Waals surface area contributed by atoms with Crippen molar-refractivity contribution in [2.24, 2.45) is 0 Å². The second-order valence-corrected chi connectivity index (χ2v) is 8.30. The number of hydrogen-bond acceptors (Lipinski definition) is 6. The number of amides is 2. The summed E-state index contributed by atoms with van der Waals surface area (Å²) < 4.78 is 22.9. The van der Waals surface area contributed by atoms with Crippen molar-refractivity contribution < 1.29 is 13.2 Å². The topological polar surface area (TPSA) is 86.7 Å². The molecule has 1 aromatic heterocycles. The molecule has 2 aliphatic heterocycles. The van der Waals surface area contributed by atoms with E-state index in [4.69, 9.17) is 11.6 Å². The maximum Gasteiger partial charge on any atom is 0.320 e. The van der Waals surface area contributed by atoms with Gasteiger partial charge in [-0.3, -0.25) is 0 Å². The zero-order chi connectivity index (χ0) is 16.4. The summed E-state index contributed by atoms with van der Waals surface area (Å²) in [7, 11) is -2.98. The molecule has 0 unspecified atom stereocenters. The summed E-state index contributed by atoms with van der Waals surface area (Å²) in [5.74, 6) is 0.780. The highest BCUT2D eigenvalue weighted by Gasteiger charge is 2.30. The lowest BCUT2D eigenvalue weighted by atomic mass is 10.3. The van der Waals surface area contributed by atoms with Crippen LogP contribution in [0.5, 0.6) is 0 Å². The summed E-state index contributed by atoms with van der Waals surface area (Å²) in [4.78, 5) is 25.9. The Morgan fingerprint density at radius 3 is 2.26 bits per heavy atom. The molecule has 23 heavy (non-hydrogen) atoms. The molecule has 1 aromatic rings. The molecule has 126 valence electrons. The van der Waals surface area contributed by atoms with Gasteiger partial charge in [0.25, 0.3) is 0 Å². The smallest absolute Gasteiger partial charge is 0.320 e. The van der Waals surface area contributed by atoms with Gasteiger partial charge in [0.05, 0.1) is 17.7 Å². The molecule has 2 fully saturated rings. The number of carbonyl (C=O) groups excluding carboxylic acids is 1. The summed E-state index contributed by atoms with van der Waals surface area (Å²) in [5, 5.41) is 0.494. The van der Waals surface area contributed by atoms with Gasteiger partial charge >= 0.3 is 6.03 Å². The molecule has 0 aromatic carbocycles. The van der Waals surface area contributed by atoms with Crippen LogP contribution in [0.1, 0.15) is 0 Å². The van der Waals surface area contributed by atoms with Gasteiger partial charge in [0.2, 0.25) is 0 Å². The Balaban J connectivity index is 1.57. The van der Waals surface area contributed by atoms with Crippen molar-refractivity contribution in [1.29, 1.82) is 0 Å². The fourth-order valence-electron chi connectivity index (χ4n) is 2.75. The third-order valence-electron chi connectivity index (χ3n) is 4.11. The van der Waals surface area contributed by atoms with Crippen LogP contribution in [0.4, 0.5) is 10.6 Å². The van der Waals surface area contributed by atoms with Crippen LogP contribution < -0.4 is 4.90 Å². The molecule has 0 aliphatic carbocycles. The Bertz CT molecular complexity index is 677. The lowest BCUT2D eigenvalue weighted by molar-refractivity contribution is 0.153. The lowest BCUT2D eigenvalue weighted by Gasteiger charge is -2.39. The third-order valence-corrected chi connectivity index (χ3v) is 5.99. The quantitative estimate of drug-likeness (QED) is 0.707. The summed E-state index contributed by atoms with van der Waals surface area (Å²) >= 11 is 6.09. The number of anilines is 1. The number of nitrogens with zero attached hydrogens (tertiary/aromatic N) is 5. The van der Waals surface area contributed by atoms with Crippen LogP contribution in [-0.2, 0) is 9.84 Å². The summed E-state index contributed by atoms with van der Waals surface area (Å²) in [6, 6.07) is -0.0895. The molecular formula is C13H18ClN5O3S. The monoisotopic (exact) mass is 359 g/mol. The molecule has 0 atom stereocenters. The number of carbonyl (C=O) groups is 1. The summed E-state index contributed by atoms with van der Waals surface area (Å²) in [6.07, 6.45) is 3.00. The zero-order valence-corrected chi connectivity index (χ0v) is 14.1. The van der Waals surface area contributed by atoms with E-state index in [1.807, 2.05) is 4.90 Å². The van der Waals surface area contributed by atoms with Gasteiger partial charge in [0, 0.05) is 39.3 Å². The summed E-state index contributed by atoms with van der Waals surface area (Å²) in [5.41, 5.74) is 0. The van der Waals surface area contributed by atoms with Gasteiger partial charge < -0.3 is 14.7 Å². The first-order valence-corrected chi connectivity index (χ1v) is 9.61. The molecule has 0 saturated carbocycles. The molecule has 0 bridgehead atoms. The highest BCUT2D eigenvalue weighted by Crippen LogP contribution is 2.22. The van der Waals surface area contributed by atoms with Crippen molar-refractivity contribution in [2.75, 3.05) is 55.7 Å². The van der Waals surface area contributed by atoms with E-state index < -0.39 is 9.84 Å². The van der Waals surface area contributed by atoms with E-state index in [0.717, 1.165) is 0 Å². The van der Waals surface area contributed by atoms with Gasteiger partial charge in [0.1, 0.15) is 11.3 Å². The third kappa shape index (κ3) is 3.66. The van der Waals surface area contributed by atoms with Crippen LogP contribution in [0.3, 0.4) is 0 Å². The van der Waals surface area contributed by atoms with Crippen LogP contribution in [0.25, 0.3) is 0 Å². The molecule has 0 spiro atoms. The highest BCUT2D eigenvalue weighted by atomic mass is 35.5. The van der Waals surface area contributed by atoms with Gasteiger partial charge in [-0.1, -0.05) is 11.6 Å². The van der Waals surface area contributed by atoms with Gasteiger partial charge in [-0.2, -0.15) is 0 Å². The van der Waals surface area contributed by atoms with Crippen LogP contribution >= 0.6 is 11.6 Å². The minimum atomic E-state index is -2.98. The molecule has 0 N–H and O–H groups in total. The Kier molecular flexibility index (Phi) is 4.58. The predicted octanol–water partition coefficient (Wildman–Crippen LogP) is 0.102. The van der Waals surface area contributed by atoms with Crippen molar-refractivity contribution in [2.45, 2.75) is 0 Å². The van der Waals surface area contributed by atoms with E-state index in [-0.39, 0.29) is 30.6 Å². The summed E-state index contributed by atoms with van der Waals surface area (Å²) in [6.45, 7) is 2.94. The van der Waals surface area contributed by atoms with Gasteiger partial charge in [-0.05, 0) is 0 Å². The second-order valence-electron chi connectivity index (χ2n) is 5.59. The van der Waals surface area contributed by atoms with Crippen LogP contribution in [0, 0.1) is 0 Å². The van der Waals surface area contributed by atoms with E-state index >= 15 is 0 Å². The first kappa shape index (κ1) is 16.3. The Hall–Kier alpha value is -1.61. The molecule has 2 saturated heterocycles. The van der Waals surface area contributed by atoms with Crippen molar-refractivity contribution >= 4 is 33.3 Å². The molecule has 2 amide bonds. The maximum atomic E-state index is 12.5. The zero-order valence-electron chi connectivity index (χ0n) is 12.6. The van der Waals surface area contributed by atoms with E-state index in [9.17, 15) is 13.2 Å². The molecular weight excluding hydrogens is 342 g/mol. The first-order chi connectivity index (χ1) is 11.0. The average molecular weight is 360 g/mol. The van der Waals surface area contributed by atoms with Gasteiger partial charge in [0.15, 0.2) is 15.7 Å². The first-order valence-electron chi connectivity index (χ1n) is 7.41.